The second kappa shape index (κ2) is 8.38. The predicted octanol–water partition coefficient (Wildman–Crippen LogP) is 3.77. The zero-order chi connectivity index (χ0) is 20.1. The molecule has 0 aliphatic carbocycles. The first-order valence-electron chi connectivity index (χ1n) is 8.13. The van der Waals surface area contributed by atoms with Crippen LogP contribution < -0.4 is 15.4 Å². The van der Waals surface area contributed by atoms with Crippen molar-refractivity contribution in [3.05, 3.63) is 77.2 Å². The van der Waals surface area contributed by atoms with Crippen LogP contribution in [-0.4, -0.2) is 23.2 Å². The Balaban J connectivity index is 1.61. The van der Waals surface area contributed by atoms with Gasteiger partial charge in [0.25, 0.3) is 5.91 Å². The quantitative estimate of drug-likeness (QED) is 0.629. The van der Waals surface area contributed by atoms with Gasteiger partial charge in [-0.2, -0.15) is 0 Å². The third-order valence-electron chi connectivity index (χ3n) is 3.81. The summed E-state index contributed by atoms with van der Waals surface area (Å²) in [6.07, 6.45) is 0. The van der Waals surface area contributed by atoms with Gasteiger partial charge in [-0.25, -0.2) is 13.2 Å². The van der Waals surface area contributed by atoms with Gasteiger partial charge in [0.15, 0.2) is 23.1 Å². The Morgan fingerprint density at radius 3 is 2.36 bits per heavy atom. The predicted molar refractivity (Wildman–Crippen MR) is 96.6 cm³/mol. The molecule has 3 aromatic rings. The Bertz CT molecular complexity index is 980. The summed E-state index contributed by atoms with van der Waals surface area (Å²) >= 11 is 0. The van der Waals surface area contributed by atoms with E-state index in [1.54, 1.807) is 7.11 Å². The zero-order valence-electron chi connectivity index (χ0n) is 14.7. The van der Waals surface area contributed by atoms with Crippen LogP contribution in [0.25, 0.3) is 0 Å². The maximum atomic E-state index is 13.6. The lowest BCUT2D eigenvalue weighted by Crippen LogP contribution is -2.16. The summed E-state index contributed by atoms with van der Waals surface area (Å²) in [5.41, 5.74) is 0.379. The van der Waals surface area contributed by atoms with Gasteiger partial charge in [-0.15, -0.1) is 10.2 Å². The Morgan fingerprint density at radius 2 is 1.71 bits per heavy atom. The van der Waals surface area contributed by atoms with Crippen LogP contribution in [0, 0.1) is 17.5 Å². The molecule has 144 valence electrons. The minimum atomic E-state index is -1.66. The Kier molecular flexibility index (Phi) is 5.73. The highest BCUT2D eigenvalue weighted by Crippen LogP contribution is 2.20. The lowest BCUT2D eigenvalue weighted by atomic mass is 10.2. The van der Waals surface area contributed by atoms with Gasteiger partial charge in [-0.3, -0.25) is 4.79 Å². The van der Waals surface area contributed by atoms with Crippen LogP contribution in [0.2, 0.25) is 0 Å². The first-order chi connectivity index (χ1) is 13.5. The molecule has 0 saturated heterocycles. The molecule has 0 unspecified atom stereocenters. The normalized spacial score (nSPS) is 10.4. The number of aromatic nitrogens is 2. The van der Waals surface area contributed by atoms with E-state index in [0.717, 1.165) is 17.4 Å². The first-order valence-corrected chi connectivity index (χ1v) is 8.13. The van der Waals surface area contributed by atoms with Crippen LogP contribution in [0.4, 0.5) is 24.7 Å². The number of halogens is 3. The van der Waals surface area contributed by atoms with Gasteiger partial charge in [0.05, 0.1) is 12.8 Å². The van der Waals surface area contributed by atoms with Gasteiger partial charge in [0, 0.05) is 6.54 Å². The second-order valence-corrected chi connectivity index (χ2v) is 5.68. The summed E-state index contributed by atoms with van der Waals surface area (Å²) in [4.78, 5) is 12.1. The van der Waals surface area contributed by atoms with E-state index in [1.165, 1.54) is 12.1 Å². The van der Waals surface area contributed by atoms with Crippen molar-refractivity contribution in [1.29, 1.82) is 0 Å². The molecule has 0 aliphatic rings. The monoisotopic (exact) mass is 388 g/mol. The van der Waals surface area contributed by atoms with Crippen LogP contribution in [0.15, 0.2) is 48.5 Å². The lowest BCUT2D eigenvalue weighted by molar-refractivity contribution is 0.102. The van der Waals surface area contributed by atoms with Crippen LogP contribution in [0.5, 0.6) is 5.75 Å². The third-order valence-corrected chi connectivity index (χ3v) is 3.81. The van der Waals surface area contributed by atoms with E-state index in [0.29, 0.717) is 18.4 Å². The number of ether oxygens (including phenoxy) is 1. The number of nitrogens with zero attached hydrogens (tertiary/aromatic N) is 2. The van der Waals surface area contributed by atoms with Gasteiger partial charge >= 0.3 is 0 Å². The zero-order valence-corrected chi connectivity index (χ0v) is 14.7. The summed E-state index contributed by atoms with van der Waals surface area (Å²) in [6, 6.07) is 12.0. The number of anilines is 2. The van der Waals surface area contributed by atoms with E-state index in [4.69, 9.17) is 4.74 Å². The van der Waals surface area contributed by atoms with Crippen LogP contribution in [-0.2, 0) is 6.54 Å². The van der Waals surface area contributed by atoms with E-state index in [1.807, 2.05) is 24.3 Å². The van der Waals surface area contributed by atoms with Crippen molar-refractivity contribution in [3.8, 4) is 5.75 Å². The molecule has 28 heavy (non-hydrogen) atoms. The van der Waals surface area contributed by atoms with E-state index in [-0.39, 0.29) is 5.69 Å². The fourth-order valence-electron chi connectivity index (χ4n) is 2.29. The molecule has 1 heterocycles. The summed E-state index contributed by atoms with van der Waals surface area (Å²) < 4.78 is 44.9. The fourth-order valence-corrected chi connectivity index (χ4v) is 2.29. The maximum Gasteiger partial charge on any atom is 0.276 e. The molecule has 1 amide bonds. The number of methoxy groups -OCH3 is 1. The number of nitrogens with one attached hydrogen (secondary N) is 2. The van der Waals surface area contributed by atoms with E-state index < -0.39 is 29.0 Å². The van der Waals surface area contributed by atoms with E-state index >= 15 is 0 Å². The summed E-state index contributed by atoms with van der Waals surface area (Å²) in [6.45, 7) is 0.476. The highest BCUT2D eigenvalue weighted by Gasteiger charge is 2.16. The van der Waals surface area contributed by atoms with Crippen molar-refractivity contribution < 1.29 is 22.7 Å². The molecule has 9 heteroatoms. The van der Waals surface area contributed by atoms with Crippen molar-refractivity contribution in [2.24, 2.45) is 0 Å². The molecule has 0 fully saturated rings. The number of amides is 1. The Morgan fingerprint density at radius 1 is 0.964 bits per heavy atom. The topological polar surface area (TPSA) is 76.1 Å². The van der Waals surface area contributed by atoms with Gasteiger partial charge < -0.3 is 15.4 Å². The summed E-state index contributed by atoms with van der Waals surface area (Å²) in [5.74, 6) is -4.13. The number of carbonyl (C=O) groups is 1. The lowest BCUT2D eigenvalue weighted by Gasteiger charge is -2.08. The number of carbonyl (C=O) groups excluding carboxylic acids is 1. The SMILES string of the molecule is COc1ccc(CNc2ccc(C(=O)Nc3ccc(F)c(F)c3F)nn2)cc1. The Hall–Kier alpha value is -3.62. The van der Waals surface area contributed by atoms with Gasteiger partial charge in [-0.05, 0) is 42.0 Å². The molecule has 2 aromatic carbocycles. The fraction of sp³-hybridized carbons (Fsp3) is 0.105. The molecule has 2 N–H and O–H groups in total. The molecular formula is C19H15F3N4O2. The summed E-state index contributed by atoms with van der Waals surface area (Å²) in [5, 5.41) is 12.8. The molecule has 0 bridgehead atoms. The van der Waals surface area contributed by atoms with E-state index in [2.05, 4.69) is 20.8 Å². The minimum absolute atomic E-state index is 0.112. The number of benzene rings is 2. The second-order valence-electron chi connectivity index (χ2n) is 5.68. The maximum absolute atomic E-state index is 13.6. The number of hydrogen-bond donors (Lipinski definition) is 2. The number of hydrogen-bond acceptors (Lipinski definition) is 5. The molecule has 0 radical (unpaired) electrons. The molecule has 0 spiro atoms. The molecule has 3 rings (SSSR count). The highest BCUT2D eigenvalue weighted by molar-refractivity contribution is 6.02. The van der Waals surface area contributed by atoms with Crippen molar-refractivity contribution in [2.75, 3.05) is 17.7 Å². The van der Waals surface area contributed by atoms with Gasteiger partial charge in [0.1, 0.15) is 11.6 Å². The highest BCUT2D eigenvalue weighted by atomic mass is 19.2. The average molecular weight is 388 g/mol. The molecular weight excluding hydrogens is 373 g/mol. The molecule has 1 aromatic heterocycles. The first kappa shape index (κ1) is 19.2. The standard InChI is InChI=1S/C19H15F3N4O2/c1-28-12-4-2-11(3-5-12)10-23-16-9-8-15(25-26-16)19(27)24-14-7-6-13(20)17(21)18(14)22/h2-9H,10H2,1H3,(H,23,26)(H,24,27). The van der Waals surface area contributed by atoms with Crippen LogP contribution in [0.3, 0.4) is 0 Å². The van der Waals surface area contributed by atoms with Crippen LogP contribution >= 0.6 is 0 Å². The minimum Gasteiger partial charge on any atom is -0.497 e. The van der Waals surface area contributed by atoms with E-state index in [9.17, 15) is 18.0 Å². The van der Waals surface area contributed by atoms with Crippen molar-refractivity contribution in [3.63, 3.8) is 0 Å². The molecule has 0 aliphatic heterocycles. The van der Waals surface area contributed by atoms with Crippen LogP contribution in [0.1, 0.15) is 16.1 Å². The number of rotatable bonds is 6. The molecule has 6 nitrogen and oxygen atoms in total. The summed E-state index contributed by atoms with van der Waals surface area (Å²) in [7, 11) is 1.58. The van der Waals surface area contributed by atoms with Crippen molar-refractivity contribution >= 4 is 17.4 Å². The largest absolute Gasteiger partial charge is 0.497 e. The third kappa shape index (κ3) is 4.37. The molecule has 0 saturated carbocycles. The van der Waals surface area contributed by atoms with Crippen molar-refractivity contribution in [2.45, 2.75) is 6.54 Å². The molecule has 0 atom stereocenters. The van der Waals surface area contributed by atoms with Crippen molar-refractivity contribution in [1.82, 2.24) is 10.2 Å². The van der Waals surface area contributed by atoms with Gasteiger partial charge in [0.2, 0.25) is 0 Å². The van der Waals surface area contributed by atoms with Gasteiger partial charge in [-0.1, -0.05) is 12.1 Å². The average Bonchev–Trinajstić information content (AvgIpc) is 2.73. The Labute approximate surface area is 158 Å². The smallest absolute Gasteiger partial charge is 0.276 e.